The van der Waals surface area contributed by atoms with E-state index in [0.29, 0.717) is 17.1 Å². The SMILES string of the molecule is COC(=O)CS(=O)(=O)Nc1c(C)n[nH]c1C. The van der Waals surface area contributed by atoms with Gasteiger partial charge in [0.15, 0.2) is 5.75 Å². The second kappa shape index (κ2) is 4.52. The van der Waals surface area contributed by atoms with Crippen molar-refractivity contribution in [3.8, 4) is 0 Å². The number of aromatic amines is 1. The topological polar surface area (TPSA) is 101 Å². The second-order valence-electron chi connectivity index (χ2n) is 3.25. The van der Waals surface area contributed by atoms with E-state index in [9.17, 15) is 13.2 Å². The molecule has 7 nitrogen and oxygen atoms in total. The molecule has 0 aliphatic rings. The number of H-pyrrole nitrogens is 1. The maximum Gasteiger partial charge on any atom is 0.322 e. The van der Waals surface area contributed by atoms with Crippen LogP contribution in [0.2, 0.25) is 0 Å². The number of methoxy groups -OCH3 is 1. The fourth-order valence-electron chi connectivity index (χ4n) is 1.11. The van der Waals surface area contributed by atoms with Gasteiger partial charge in [-0.15, -0.1) is 0 Å². The Labute approximate surface area is 93.2 Å². The van der Waals surface area contributed by atoms with Gasteiger partial charge in [-0.2, -0.15) is 5.10 Å². The van der Waals surface area contributed by atoms with Crippen molar-refractivity contribution >= 4 is 21.7 Å². The molecule has 90 valence electrons. The summed E-state index contributed by atoms with van der Waals surface area (Å²) < 4.78 is 29.6. The number of rotatable bonds is 4. The second-order valence-corrected chi connectivity index (χ2v) is 4.97. The summed E-state index contributed by atoms with van der Waals surface area (Å²) in [4.78, 5) is 10.9. The fraction of sp³-hybridized carbons (Fsp3) is 0.500. The number of aromatic nitrogens is 2. The summed E-state index contributed by atoms with van der Waals surface area (Å²) in [5, 5.41) is 6.47. The van der Waals surface area contributed by atoms with Gasteiger partial charge in [-0.05, 0) is 13.8 Å². The standard InChI is InChI=1S/C8H13N3O4S/c1-5-8(6(2)10-9-5)11-16(13,14)4-7(12)15-3/h11H,4H2,1-3H3,(H,9,10). The quantitative estimate of drug-likeness (QED) is 0.726. The predicted molar refractivity (Wildman–Crippen MR) is 57.5 cm³/mol. The first-order valence-corrected chi connectivity index (χ1v) is 6.10. The summed E-state index contributed by atoms with van der Waals surface area (Å²) in [7, 11) is -2.61. The molecule has 1 aromatic rings. The van der Waals surface area contributed by atoms with E-state index < -0.39 is 21.7 Å². The Morgan fingerprint density at radius 1 is 1.50 bits per heavy atom. The molecule has 0 bridgehead atoms. The Morgan fingerprint density at radius 3 is 2.56 bits per heavy atom. The molecule has 8 heteroatoms. The van der Waals surface area contributed by atoms with Crippen LogP contribution in [0.25, 0.3) is 0 Å². The molecule has 2 N–H and O–H groups in total. The van der Waals surface area contributed by atoms with Gasteiger partial charge in [0.05, 0.1) is 24.2 Å². The molecule has 0 radical (unpaired) electrons. The van der Waals surface area contributed by atoms with Gasteiger partial charge < -0.3 is 4.74 Å². The summed E-state index contributed by atoms with van der Waals surface area (Å²) >= 11 is 0. The average Bonchev–Trinajstić information content (AvgIpc) is 2.48. The van der Waals surface area contributed by atoms with Gasteiger partial charge >= 0.3 is 5.97 Å². The van der Waals surface area contributed by atoms with Crippen LogP contribution in [-0.4, -0.2) is 37.4 Å². The minimum Gasteiger partial charge on any atom is -0.468 e. The minimum atomic E-state index is -3.75. The first kappa shape index (κ1) is 12.5. The van der Waals surface area contributed by atoms with Crippen LogP contribution < -0.4 is 4.72 Å². The maximum absolute atomic E-state index is 11.5. The average molecular weight is 247 g/mol. The van der Waals surface area contributed by atoms with E-state index in [2.05, 4.69) is 19.7 Å². The van der Waals surface area contributed by atoms with Crippen molar-refractivity contribution in [2.24, 2.45) is 0 Å². The maximum atomic E-state index is 11.5. The zero-order valence-electron chi connectivity index (χ0n) is 9.20. The summed E-state index contributed by atoms with van der Waals surface area (Å²) in [6, 6.07) is 0. The van der Waals surface area contributed by atoms with Crippen molar-refractivity contribution in [3.05, 3.63) is 11.4 Å². The van der Waals surface area contributed by atoms with Crippen LogP contribution in [0.4, 0.5) is 5.69 Å². The number of ether oxygens (including phenoxy) is 1. The number of sulfonamides is 1. The third kappa shape index (κ3) is 2.96. The largest absolute Gasteiger partial charge is 0.468 e. The third-order valence-corrected chi connectivity index (χ3v) is 3.05. The number of aryl methyl sites for hydroxylation is 2. The van der Waals surface area contributed by atoms with Crippen LogP contribution >= 0.6 is 0 Å². The van der Waals surface area contributed by atoms with Gasteiger partial charge in [-0.25, -0.2) is 8.42 Å². The van der Waals surface area contributed by atoms with E-state index >= 15 is 0 Å². The first-order chi connectivity index (χ1) is 7.35. The third-order valence-electron chi connectivity index (χ3n) is 1.92. The fourth-order valence-corrected chi connectivity index (χ4v) is 2.22. The van der Waals surface area contributed by atoms with Crippen LogP contribution in [0, 0.1) is 13.8 Å². The molecule has 0 atom stereocenters. The summed E-state index contributed by atoms with van der Waals surface area (Å²) in [5.74, 6) is -1.53. The Hall–Kier alpha value is -1.57. The molecule has 0 saturated carbocycles. The highest BCUT2D eigenvalue weighted by atomic mass is 32.2. The van der Waals surface area contributed by atoms with Gasteiger partial charge in [0, 0.05) is 0 Å². The molecule has 0 amide bonds. The lowest BCUT2D eigenvalue weighted by molar-refractivity contribution is -0.137. The highest BCUT2D eigenvalue weighted by molar-refractivity contribution is 7.93. The van der Waals surface area contributed by atoms with Crippen molar-refractivity contribution < 1.29 is 17.9 Å². The van der Waals surface area contributed by atoms with Crippen LogP contribution in [0.1, 0.15) is 11.4 Å². The van der Waals surface area contributed by atoms with E-state index in [4.69, 9.17) is 0 Å². The highest BCUT2D eigenvalue weighted by Crippen LogP contribution is 2.17. The molecule has 0 spiro atoms. The van der Waals surface area contributed by atoms with Crippen molar-refractivity contribution in [3.63, 3.8) is 0 Å². The van der Waals surface area contributed by atoms with Crippen molar-refractivity contribution in [1.82, 2.24) is 10.2 Å². The van der Waals surface area contributed by atoms with E-state index in [1.54, 1.807) is 13.8 Å². The lowest BCUT2D eigenvalue weighted by Crippen LogP contribution is -2.24. The summed E-state index contributed by atoms with van der Waals surface area (Å²) in [6.07, 6.45) is 0. The molecular weight excluding hydrogens is 234 g/mol. The number of nitrogens with one attached hydrogen (secondary N) is 2. The van der Waals surface area contributed by atoms with E-state index in [1.165, 1.54) is 0 Å². The molecule has 0 fully saturated rings. The van der Waals surface area contributed by atoms with Crippen molar-refractivity contribution in [2.45, 2.75) is 13.8 Å². The molecule has 1 aromatic heterocycles. The van der Waals surface area contributed by atoms with Crippen LogP contribution in [-0.2, 0) is 19.6 Å². The molecule has 0 aliphatic heterocycles. The highest BCUT2D eigenvalue weighted by Gasteiger charge is 2.19. The molecule has 0 aliphatic carbocycles. The zero-order valence-corrected chi connectivity index (χ0v) is 10.0. The Balaban J connectivity index is 2.85. The van der Waals surface area contributed by atoms with Gasteiger partial charge in [0.1, 0.15) is 0 Å². The normalized spacial score (nSPS) is 11.2. The minimum absolute atomic E-state index is 0.365. The lowest BCUT2D eigenvalue weighted by atomic mass is 10.3. The van der Waals surface area contributed by atoms with Gasteiger partial charge in [0.25, 0.3) is 0 Å². The number of anilines is 1. The number of esters is 1. The molecule has 0 unspecified atom stereocenters. The number of hydrogen-bond donors (Lipinski definition) is 2. The molecule has 1 rings (SSSR count). The van der Waals surface area contributed by atoms with E-state index in [1.807, 2.05) is 0 Å². The Morgan fingerprint density at radius 2 is 2.12 bits per heavy atom. The monoisotopic (exact) mass is 247 g/mol. The zero-order chi connectivity index (χ0) is 12.3. The van der Waals surface area contributed by atoms with E-state index in [0.717, 1.165) is 7.11 Å². The Bertz CT molecular complexity index is 472. The molecule has 16 heavy (non-hydrogen) atoms. The lowest BCUT2D eigenvalue weighted by Gasteiger charge is -2.06. The van der Waals surface area contributed by atoms with Gasteiger partial charge in [-0.3, -0.25) is 14.6 Å². The summed E-state index contributed by atoms with van der Waals surface area (Å²) in [6.45, 7) is 3.33. The first-order valence-electron chi connectivity index (χ1n) is 4.44. The van der Waals surface area contributed by atoms with Crippen LogP contribution in [0.5, 0.6) is 0 Å². The predicted octanol–water partition coefficient (Wildman–Crippen LogP) is -0.0588. The number of hydrogen-bond acceptors (Lipinski definition) is 5. The molecule has 0 saturated heterocycles. The number of carbonyl (C=O) groups excluding carboxylic acids is 1. The molecule has 0 aromatic carbocycles. The molecular formula is C8H13N3O4S. The van der Waals surface area contributed by atoms with E-state index in [-0.39, 0.29) is 0 Å². The number of nitrogens with zero attached hydrogens (tertiary/aromatic N) is 1. The van der Waals surface area contributed by atoms with Gasteiger partial charge in [-0.1, -0.05) is 0 Å². The van der Waals surface area contributed by atoms with Crippen LogP contribution in [0.15, 0.2) is 0 Å². The summed E-state index contributed by atoms with van der Waals surface area (Å²) in [5.41, 5.74) is 1.47. The van der Waals surface area contributed by atoms with Gasteiger partial charge in [0.2, 0.25) is 10.0 Å². The van der Waals surface area contributed by atoms with Crippen molar-refractivity contribution in [2.75, 3.05) is 17.6 Å². The Kier molecular flexibility index (Phi) is 3.53. The smallest absolute Gasteiger partial charge is 0.322 e. The molecule has 1 heterocycles. The van der Waals surface area contributed by atoms with Crippen molar-refractivity contribution in [1.29, 1.82) is 0 Å². The number of carbonyl (C=O) groups is 1. The van der Waals surface area contributed by atoms with Crippen LogP contribution in [0.3, 0.4) is 0 Å².